The Labute approximate surface area is 151 Å². The van der Waals surface area contributed by atoms with Crippen molar-refractivity contribution in [1.29, 1.82) is 0 Å². The number of nitrogens with zero attached hydrogens (tertiary/aromatic N) is 1. The lowest BCUT2D eigenvalue weighted by Gasteiger charge is -2.21. The number of carbonyl (C=O) groups excluding carboxylic acids is 1. The van der Waals surface area contributed by atoms with Crippen LogP contribution in [0.1, 0.15) is 31.2 Å². The largest absolute Gasteiger partial charge is 0.397 e. The summed E-state index contributed by atoms with van der Waals surface area (Å²) in [5, 5.41) is 2.95. The van der Waals surface area contributed by atoms with Crippen molar-refractivity contribution in [2.75, 3.05) is 22.5 Å². The summed E-state index contributed by atoms with van der Waals surface area (Å²) in [6.07, 6.45) is 0.951. The number of nitrogens with two attached hydrogens (primary N) is 1. The van der Waals surface area contributed by atoms with E-state index in [4.69, 9.17) is 17.3 Å². The molecule has 2 heterocycles. The molecule has 1 amide bonds. The topological polar surface area (TPSA) is 58.4 Å². The second-order valence-electron chi connectivity index (χ2n) is 7.15. The Hall–Kier alpha value is -1.72. The smallest absolute Gasteiger partial charge is 0.229 e. The predicted molar refractivity (Wildman–Crippen MR) is 103 cm³/mol. The standard InChI is InChI=1S/C18H22ClN3OS/c1-18(2,3)17(23)21-14-8-11-6-7-22(15(11)9-13(14)20)10-12-4-5-16(19)24-12/h4-5,8-9H,6-7,10,20H2,1-3H3,(H,21,23). The molecule has 0 unspecified atom stereocenters. The highest BCUT2D eigenvalue weighted by Gasteiger charge is 2.25. The van der Waals surface area contributed by atoms with Crippen LogP contribution in [0.15, 0.2) is 24.3 Å². The predicted octanol–water partition coefficient (Wildman–Crippen LogP) is 4.53. The first-order chi connectivity index (χ1) is 11.2. The molecule has 1 aromatic heterocycles. The van der Waals surface area contributed by atoms with Crippen molar-refractivity contribution in [1.82, 2.24) is 0 Å². The fourth-order valence-electron chi connectivity index (χ4n) is 2.73. The van der Waals surface area contributed by atoms with Crippen molar-refractivity contribution < 1.29 is 4.79 Å². The number of rotatable bonds is 3. The molecular formula is C18H22ClN3OS. The summed E-state index contributed by atoms with van der Waals surface area (Å²) in [5.41, 5.74) is 9.40. The second kappa shape index (κ2) is 6.30. The van der Waals surface area contributed by atoms with Crippen molar-refractivity contribution in [2.24, 2.45) is 5.41 Å². The van der Waals surface area contributed by atoms with Gasteiger partial charge in [0.2, 0.25) is 5.91 Å². The van der Waals surface area contributed by atoms with Gasteiger partial charge in [-0.05, 0) is 36.2 Å². The summed E-state index contributed by atoms with van der Waals surface area (Å²) in [5.74, 6) is -0.0303. The Morgan fingerprint density at radius 3 is 2.75 bits per heavy atom. The Morgan fingerprint density at radius 2 is 2.12 bits per heavy atom. The zero-order chi connectivity index (χ0) is 17.5. The third-order valence-corrected chi connectivity index (χ3v) is 5.36. The van der Waals surface area contributed by atoms with E-state index in [1.54, 1.807) is 11.3 Å². The maximum absolute atomic E-state index is 12.2. The third-order valence-electron chi connectivity index (χ3n) is 4.15. The van der Waals surface area contributed by atoms with Crippen molar-refractivity contribution in [3.8, 4) is 0 Å². The first kappa shape index (κ1) is 17.1. The summed E-state index contributed by atoms with van der Waals surface area (Å²) in [7, 11) is 0. The van der Waals surface area contributed by atoms with Crippen molar-refractivity contribution in [3.63, 3.8) is 0 Å². The Balaban J connectivity index is 1.81. The van der Waals surface area contributed by atoms with Gasteiger partial charge in [0.25, 0.3) is 0 Å². The van der Waals surface area contributed by atoms with Gasteiger partial charge in [0.15, 0.2) is 0 Å². The van der Waals surface area contributed by atoms with Crippen LogP contribution in [0.25, 0.3) is 0 Å². The number of hydrogen-bond donors (Lipinski definition) is 2. The molecular weight excluding hydrogens is 342 g/mol. The molecule has 2 aromatic rings. The van der Waals surface area contributed by atoms with Crippen LogP contribution in [0, 0.1) is 5.41 Å². The molecule has 1 aliphatic rings. The first-order valence-corrected chi connectivity index (χ1v) is 9.16. The molecule has 0 saturated carbocycles. The zero-order valence-corrected chi connectivity index (χ0v) is 15.7. The quantitative estimate of drug-likeness (QED) is 0.787. The van der Waals surface area contributed by atoms with Crippen LogP contribution in [0.4, 0.5) is 17.1 Å². The van der Waals surface area contributed by atoms with Gasteiger partial charge in [0.05, 0.1) is 22.3 Å². The number of fused-ring (bicyclic) bond motifs is 1. The Bertz CT molecular complexity index is 779. The van der Waals surface area contributed by atoms with Gasteiger partial charge in [0.1, 0.15) is 0 Å². The van der Waals surface area contributed by atoms with Crippen LogP contribution in [-0.4, -0.2) is 12.5 Å². The maximum atomic E-state index is 12.2. The third kappa shape index (κ3) is 3.52. The van der Waals surface area contributed by atoms with E-state index < -0.39 is 5.41 Å². The molecule has 0 fully saturated rings. The van der Waals surface area contributed by atoms with Crippen LogP contribution in [0.2, 0.25) is 4.34 Å². The fraction of sp³-hybridized carbons (Fsp3) is 0.389. The molecule has 0 spiro atoms. The minimum absolute atomic E-state index is 0.0303. The van der Waals surface area contributed by atoms with Gasteiger partial charge >= 0.3 is 0 Å². The molecule has 0 bridgehead atoms. The number of halogens is 1. The Kier molecular flexibility index (Phi) is 4.49. The number of thiophene rings is 1. The van der Waals surface area contributed by atoms with E-state index in [9.17, 15) is 4.79 Å². The lowest BCUT2D eigenvalue weighted by molar-refractivity contribution is -0.123. The first-order valence-electron chi connectivity index (χ1n) is 7.97. The maximum Gasteiger partial charge on any atom is 0.229 e. The highest BCUT2D eigenvalue weighted by Crippen LogP contribution is 2.37. The zero-order valence-electron chi connectivity index (χ0n) is 14.1. The fourth-order valence-corrected chi connectivity index (χ4v) is 3.83. The summed E-state index contributed by atoms with van der Waals surface area (Å²) >= 11 is 7.62. The van der Waals surface area contributed by atoms with Gasteiger partial charge in [0, 0.05) is 22.5 Å². The van der Waals surface area contributed by atoms with E-state index in [1.807, 2.05) is 39.0 Å². The normalized spacial score (nSPS) is 13.9. The van der Waals surface area contributed by atoms with Gasteiger partial charge in [-0.3, -0.25) is 4.79 Å². The molecule has 6 heteroatoms. The number of anilines is 3. The van der Waals surface area contributed by atoms with Crippen LogP contribution >= 0.6 is 22.9 Å². The SMILES string of the molecule is CC(C)(C)C(=O)Nc1cc2c(cc1N)N(Cc1ccc(Cl)s1)CC2. The van der Waals surface area contributed by atoms with Crippen LogP contribution < -0.4 is 16.0 Å². The highest BCUT2D eigenvalue weighted by molar-refractivity contribution is 7.16. The number of hydrogen-bond acceptors (Lipinski definition) is 4. The summed E-state index contributed by atoms with van der Waals surface area (Å²) < 4.78 is 0.809. The molecule has 1 aromatic carbocycles. The monoisotopic (exact) mass is 363 g/mol. The van der Waals surface area contributed by atoms with Gasteiger partial charge in [-0.15, -0.1) is 11.3 Å². The second-order valence-corrected chi connectivity index (χ2v) is 8.95. The molecule has 4 nitrogen and oxygen atoms in total. The van der Waals surface area contributed by atoms with Crippen molar-refractivity contribution in [3.05, 3.63) is 39.0 Å². The van der Waals surface area contributed by atoms with Crippen LogP contribution in [0.3, 0.4) is 0 Å². The van der Waals surface area contributed by atoms with Crippen molar-refractivity contribution in [2.45, 2.75) is 33.7 Å². The minimum atomic E-state index is -0.448. The van der Waals surface area contributed by atoms with E-state index in [2.05, 4.69) is 16.3 Å². The number of nitrogen functional groups attached to an aromatic ring is 1. The van der Waals surface area contributed by atoms with Gasteiger partial charge in [-0.1, -0.05) is 32.4 Å². The molecule has 24 heavy (non-hydrogen) atoms. The summed E-state index contributed by atoms with van der Waals surface area (Å²) in [6.45, 7) is 7.44. The Morgan fingerprint density at radius 1 is 1.38 bits per heavy atom. The molecule has 0 saturated heterocycles. The van der Waals surface area contributed by atoms with Gasteiger partial charge in [-0.25, -0.2) is 0 Å². The minimum Gasteiger partial charge on any atom is -0.397 e. The highest BCUT2D eigenvalue weighted by atomic mass is 35.5. The average molecular weight is 364 g/mol. The number of benzene rings is 1. The van der Waals surface area contributed by atoms with Crippen LogP contribution in [-0.2, 0) is 17.8 Å². The molecule has 3 rings (SSSR count). The molecule has 0 atom stereocenters. The van der Waals surface area contributed by atoms with E-state index in [0.717, 1.165) is 29.5 Å². The van der Waals surface area contributed by atoms with Crippen LogP contribution in [0.5, 0.6) is 0 Å². The van der Waals surface area contributed by atoms with E-state index >= 15 is 0 Å². The number of nitrogens with one attached hydrogen (secondary N) is 1. The lowest BCUT2D eigenvalue weighted by Crippen LogP contribution is -2.28. The summed E-state index contributed by atoms with van der Waals surface area (Å²) in [4.78, 5) is 15.7. The van der Waals surface area contributed by atoms with E-state index in [0.29, 0.717) is 11.4 Å². The molecule has 128 valence electrons. The summed E-state index contributed by atoms with van der Waals surface area (Å²) in [6, 6.07) is 7.97. The van der Waals surface area contributed by atoms with E-state index in [-0.39, 0.29) is 5.91 Å². The van der Waals surface area contributed by atoms with E-state index in [1.165, 1.54) is 10.4 Å². The molecule has 0 aliphatic carbocycles. The molecule has 3 N–H and O–H groups in total. The molecule has 0 radical (unpaired) electrons. The van der Waals surface area contributed by atoms with Crippen molar-refractivity contribution >= 4 is 45.9 Å². The average Bonchev–Trinajstić information content (AvgIpc) is 3.06. The number of amides is 1. The van der Waals surface area contributed by atoms with Gasteiger partial charge < -0.3 is 16.0 Å². The lowest BCUT2D eigenvalue weighted by atomic mass is 9.95. The van der Waals surface area contributed by atoms with Gasteiger partial charge in [-0.2, -0.15) is 0 Å². The number of carbonyl (C=O) groups is 1. The molecule has 1 aliphatic heterocycles.